The monoisotopic (exact) mass is 341 g/mol. The van der Waals surface area contributed by atoms with Gasteiger partial charge in [0.2, 0.25) is 0 Å². The van der Waals surface area contributed by atoms with Gasteiger partial charge in [0.25, 0.3) is 11.6 Å². The van der Waals surface area contributed by atoms with Crippen molar-refractivity contribution >= 4 is 17.0 Å². The fourth-order valence-corrected chi connectivity index (χ4v) is 2.72. The van der Waals surface area contributed by atoms with Gasteiger partial charge in [-0.1, -0.05) is 31.1 Å². The third-order valence-electron chi connectivity index (χ3n) is 4.14. The van der Waals surface area contributed by atoms with E-state index in [0.717, 1.165) is 11.3 Å². The zero-order valence-electron chi connectivity index (χ0n) is 14.7. The van der Waals surface area contributed by atoms with Crippen molar-refractivity contribution in [1.29, 1.82) is 0 Å². The van der Waals surface area contributed by atoms with Crippen molar-refractivity contribution in [1.82, 2.24) is 15.0 Å². The van der Waals surface area contributed by atoms with Gasteiger partial charge in [-0.05, 0) is 36.6 Å². The summed E-state index contributed by atoms with van der Waals surface area (Å²) in [4.78, 5) is 19.1. The van der Waals surface area contributed by atoms with E-state index in [4.69, 9.17) is 4.52 Å². The van der Waals surface area contributed by atoms with E-state index in [2.05, 4.69) is 10.1 Å². The standard InChI is InChI=1S/C19H20FN3O2/c1-11(2)16-9-15(17-12(3)22-25-18(17)21-16)19(24)23(4)10-13-5-7-14(20)8-6-13/h5-9,11H,10H2,1-4H3. The molecule has 2 aromatic heterocycles. The highest BCUT2D eigenvalue weighted by Gasteiger charge is 2.22. The molecule has 0 saturated carbocycles. The third-order valence-corrected chi connectivity index (χ3v) is 4.14. The van der Waals surface area contributed by atoms with Crippen LogP contribution in [0.4, 0.5) is 4.39 Å². The van der Waals surface area contributed by atoms with Gasteiger partial charge in [0, 0.05) is 19.3 Å². The molecule has 25 heavy (non-hydrogen) atoms. The molecule has 2 heterocycles. The van der Waals surface area contributed by atoms with Gasteiger partial charge < -0.3 is 9.42 Å². The molecule has 0 N–H and O–H groups in total. The van der Waals surface area contributed by atoms with Crippen LogP contribution in [0.15, 0.2) is 34.9 Å². The normalized spacial score (nSPS) is 11.3. The van der Waals surface area contributed by atoms with E-state index >= 15 is 0 Å². The number of halogens is 1. The van der Waals surface area contributed by atoms with Crippen LogP contribution >= 0.6 is 0 Å². The highest BCUT2D eigenvalue weighted by molar-refractivity contribution is 6.05. The Hall–Kier alpha value is -2.76. The van der Waals surface area contributed by atoms with Gasteiger partial charge >= 0.3 is 0 Å². The van der Waals surface area contributed by atoms with Crippen molar-refractivity contribution in [3.63, 3.8) is 0 Å². The molecule has 0 radical (unpaired) electrons. The van der Waals surface area contributed by atoms with Crippen LogP contribution in [-0.4, -0.2) is 28.0 Å². The number of benzene rings is 1. The summed E-state index contributed by atoms with van der Waals surface area (Å²) in [6.45, 7) is 6.19. The van der Waals surface area contributed by atoms with Gasteiger partial charge in [-0.2, -0.15) is 0 Å². The summed E-state index contributed by atoms with van der Waals surface area (Å²) in [5, 5.41) is 4.58. The van der Waals surface area contributed by atoms with Gasteiger partial charge in [0.15, 0.2) is 0 Å². The van der Waals surface area contributed by atoms with Crippen LogP contribution in [0.2, 0.25) is 0 Å². The Bertz CT molecular complexity index is 916. The molecular formula is C19H20FN3O2. The lowest BCUT2D eigenvalue weighted by Gasteiger charge is -2.18. The maximum Gasteiger partial charge on any atom is 0.259 e. The minimum absolute atomic E-state index is 0.148. The van der Waals surface area contributed by atoms with E-state index in [-0.39, 0.29) is 17.6 Å². The van der Waals surface area contributed by atoms with Crippen molar-refractivity contribution < 1.29 is 13.7 Å². The first kappa shape index (κ1) is 17.1. The van der Waals surface area contributed by atoms with Crippen molar-refractivity contribution in [2.75, 3.05) is 7.05 Å². The van der Waals surface area contributed by atoms with E-state index in [0.29, 0.717) is 28.9 Å². The highest BCUT2D eigenvalue weighted by Crippen LogP contribution is 2.26. The molecule has 0 atom stereocenters. The average Bonchev–Trinajstić information content (AvgIpc) is 2.96. The minimum Gasteiger partial charge on any atom is -0.337 e. The fraction of sp³-hybridized carbons (Fsp3) is 0.316. The Kier molecular flexibility index (Phi) is 4.53. The lowest BCUT2D eigenvalue weighted by molar-refractivity contribution is 0.0786. The zero-order valence-corrected chi connectivity index (χ0v) is 14.7. The van der Waals surface area contributed by atoms with Crippen LogP contribution in [0.1, 0.15) is 47.1 Å². The van der Waals surface area contributed by atoms with E-state index in [1.54, 1.807) is 37.1 Å². The predicted octanol–water partition coefficient (Wildman–Crippen LogP) is 4.07. The summed E-state index contributed by atoms with van der Waals surface area (Å²) in [5.41, 5.74) is 3.17. The first-order valence-electron chi connectivity index (χ1n) is 8.13. The number of hydrogen-bond donors (Lipinski definition) is 0. The maximum absolute atomic E-state index is 13.0. The topological polar surface area (TPSA) is 59.2 Å². The Morgan fingerprint density at radius 3 is 2.60 bits per heavy atom. The van der Waals surface area contributed by atoms with Crippen molar-refractivity contribution in [2.45, 2.75) is 33.2 Å². The molecule has 3 aromatic rings. The van der Waals surface area contributed by atoms with E-state index in [1.165, 1.54) is 12.1 Å². The fourth-order valence-electron chi connectivity index (χ4n) is 2.72. The largest absolute Gasteiger partial charge is 0.337 e. The Labute approximate surface area is 145 Å². The van der Waals surface area contributed by atoms with Crippen LogP contribution in [0.3, 0.4) is 0 Å². The molecule has 0 bridgehead atoms. The molecule has 0 aliphatic heterocycles. The maximum atomic E-state index is 13.0. The third kappa shape index (κ3) is 3.38. The minimum atomic E-state index is -0.296. The second-order valence-corrected chi connectivity index (χ2v) is 6.49. The average molecular weight is 341 g/mol. The molecule has 0 saturated heterocycles. The van der Waals surface area contributed by atoms with Crippen LogP contribution in [0, 0.1) is 12.7 Å². The summed E-state index contributed by atoms with van der Waals surface area (Å²) in [5.74, 6) is -0.288. The molecule has 1 aromatic carbocycles. The molecule has 130 valence electrons. The number of carbonyl (C=O) groups excluding carboxylic acids is 1. The molecular weight excluding hydrogens is 321 g/mol. The van der Waals surface area contributed by atoms with Crippen molar-refractivity contribution in [3.8, 4) is 0 Å². The van der Waals surface area contributed by atoms with Gasteiger partial charge in [-0.25, -0.2) is 9.37 Å². The first-order chi connectivity index (χ1) is 11.9. The molecule has 5 nitrogen and oxygen atoms in total. The highest BCUT2D eigenvalue weighted by atomic mass is 19.1. The molecule has 0 aliphatic carbocycles. The van der Waals surface area contributed by atoms with Crippen LogP contribution < -0.4 is 0 Å². The molecule has 6 heteroatoms. The Morgan fingerprint density at radius 2 is 1.96 bits per heavy atom. The van der Waals surface area contributed by atoms with Gasteiger partial charge in [0.1, 0.15) is 5.82 Å². The number of hydrogen-bond acceptors (Lipinski definition) is 4. The SMILES string of the molecule is Cc1noc2nc(C(C)C)cc(C(=O)N(C)Cc3ccc(F)cc3)c12. The number of nitrogens with zero attached hydrogens (tertiary/aromatic N) is 3. The summed E-state index contributed by atoms with van der Waals surface area (Å²) in [6, 6.07) is 7.93. The number of aromatic nitrogens is 2. The molecule has 0 fully saturated rings. The lowest BCUT2D eigenvalue weighted by atomic mass is 10.0. The summed E-state index contributed by atoms with van der Waals surface area (Å²) in [6.07, 6.45) is 0. The molecule has 0 unspecified atom stereocenters. The van der Waals surface area contributed by atoms with Gasteiger partial charge in [0.05, 0.1) is 16.6 Å². The Morgan fingerprint density at radius 1 is 1.28 bits per heavy atom. The summed E-state index contributed by atoms with van der Waals surface area (Å²) in [7, 11) is 1.72. The van der Waals surface area contributed by atoms with Crippen LogP contribution in [-0.2, 0) is 6.54 Å². The number of carbonyl (C=O) groups is 1. The Balaban J connectivity index is 1.97. The van der Waals surface area contributed by atoms with Crippen molar-refractivity contribution in [2.24, 2.45) is 0 Å². The predicted molar refractivity (Wildman–Crippen MR) is 92.8 cm³/mol. The van der Waals surface area contributed by atoms with Crippen molar-refractivity contribution in [3.05, 3.63) is 58.7 Å². The van der Waals surface area contributed by atoms with Crippen LogP contribution in [0.25, 0.3) is 11.1 Å². The second kappa shape index (κ2) is 6.63. The molecule has 0 spiro atoms. The van der Waals surface area contributed by atoms with E-state index < -0.39 is 0 Å². The number of rotatable bonds is 4. The lowest BCUT2D eigenvalue weighted by Crippen LogP contribution is -2.26. The molecule has 3 rings (SSSR count). The first-order valence-corrected chi connectivity index (χ1v) is 8.13. The second-order valence-electron chi connectivity index (χ2n) is 6.49. The smallest absolute Gasteiger partial charge is 0.259 e. The quantitative estimate of drug-likeness (QED) is 0.718. The summed E-state index contributed by atoms with van der Waals surface area (Å²) < 4.78 is 18.3. The molecule has 1 amide bonds. The van der Waals surface area contributed by atoms with E-state index in [9.17, 15) is 9.18 Å². The number of amides is 1. The summed E-state index contributed by atoms with van der Waals surface area (Å²) >= 11 is 0. The van der Waals surface area contributed by atoms with Gasteiger partial charge in [-0.3, -0.25) is 4.79 Å². The van der Waals surface area contributed by atoms with E-state index in [1.807, 2.05) is 13.8 Å². The van der Waals surface area contributed by atoms with Gasteiger partial charge in [-0.15, -0.1) is 0 Å². The number of pyridine rings is 1. The zero-order chi connectivity index (χ0) is 18.1. The number of aryl methyl sites for hydroxylation is 1. The van der Waals surface area contributed by atoms with Crippen LogP contribution in [0.5, 0.6) is 0 Å². The molecule has 0 aliphatic rings. The number of fused-ring (bicyclic) bond motifs is 1.